The maximum absolute atomic E-state index is 10.7. The summed E-state index contributed by atoms with van der Waals surface area (Å²) < 4.78 is 5.18. The number of ether oxygens (including phenoxy) is 1. The Bertz CT molecular complexity index is 819. The smallest absolute Gasteiger partial charge is 0.118 e. The summed E-state index contributed by atoms with van der Waals surface area (Å²) in [6.07, 6.45) is -0.711. The van der Waals surface area contributed by atoms with Crippen molar-refractivity contribution in [3.8, 4) is 5.75 Å². The Labute approximate surface area is 152 Å². The third kappa shape index (κ3) is 4.32. The number of anilines is 1. The van der Waals surface area contributed by atoms with Gasteiger partial charge in [0.15, 0.2) is 0 Å². The summed E-state index contributed by atoms with van der Waals surface area (Å²) in [5.74, 6) is 0.826. The van der Waals surface area contributed by atoms with E-state index < -0.39 is 6.10 Å². The van der Waals surface area contributed by atoms with Crippen LogP contribution in [0.3, 0.4) is 0 Å². The van der Waals surface area contributed by atoms with Crippen LogP contribution in [-0.4, -0.2) is 12.2 Å². The zero-order valence-electron chi connectivity index (χ0n) is 13.9. The first-order valence-corrected chi connectivity index (χ1v) is 8.44. The highest BCUT2D eigenvalue weighted by molar-refractivity contribution is 6.30. The summed E-state index contributed by atoms with van der Waals surface area (Å²) >= 11 is 6.15. The molecule has 2 N–H and O–H groups in total. The van der Waals surface area contributed by atoms with Crippen LogP contribution in [-0.2, 0) is 6.54 Å². The average molecular weight is 354 g/mol. The van der Waals surface area contributed by atoms with Crippen LogP contribution in [0, 0.1) is 0 Å². The molecule has 25 heavy (non-hydrogen) atoms. The van der Waals surface area contributed by atoms with E-state index in [-0.39, 0.29) is 0 Å². The van der Waals surface area contributed by atoms with Gasteiger partial charge in [-0.05, 0) is 35.4 Å². The van der Waals surface area contributed by atoms with E-state index >= 15 is 0 Å². The van der Waals surface area contributed by atoms with Gasteiger partial charge in [-0.15, -0.1) is 0 Å². The number of benzene rings is 3. The number of hydrogen-bond donors (Lipinski definition) is 2. The monoisotopic (exact) mass is 353 g/mol. The SMILES string of the molecule is COc1ccc(CNc2cc(Cl)ccc2C(O)c2ccccc2)cc1. The number of halogens is 1. The van der Waals surface area contributed by atoms with Crippen molar-refractivity contribution in [1.82, 2.24) is 0 Å². The summed E-state index contributed by atoms with van der Waals surface area (Å²) in [6.45, 7) is 0.624. The summed E-state index contributed by atoms with van der Waals surface area (Å²) in [6, 6.07) is 22.9. The Hall–Kier alpha value is -2.49. The zero-order valence-corrected chi connectivity index (χ0v) is 14.7. The topological polar surface area (TPSA) is 41.5 Å². The molecule has 3 rings (SSSR count). The molecule has 0 aliphatic heterocycles. The minimum Gasteiger partial charge on any atom is -0.497 e. The van der Waals surface area contributed by atoms with Gasteiger partial charge in [-0.1, -0.05) is 60.1 Å². The number of aliphatic hydroxyl groups excluding tert-OH is 1. The summed E-state index contributed by atoms with van der Waals surface area (Å²) in [4.78, 5) is 0. The first-order valence-electron chi connectivity index (χ1n) is 8.06. The van der Waals surface area contributed by atoms with Crippen molar-refractivity contribution in [3.63, 3.8) is 0 Å². The van der Waals surface area contributed by atoms with Crippen LogP contribution < -0.4 is 10.1 Å². The quantitative estimate of drug-likeness (QED) is 0.652. The molecule has 0 saturated heterocycles. The molecule has 0 aliphatic rings. The standard InChI is InChI=1S/C21H20ClNO2/c1-25-18-10-7-15(8-11-18)14-23-20-13-17(22)9-12-19(20)21(24)16-5-3-2-4-6-16/h2-13,21,23-24H,14H2,1H3. The van der Waals surface area contributed by atoms with Gasteiger partial charge in [0.25, 0.3) is 0 Å². The molecule has 0 saturated carbocycles. The van der Waals surface area contributed by atoms with Gasteiger partial charge in [-0.25, -0.2) is 0 Å². The molecule has 0 heterocycles. The Morgan fingerprint density at radius 1 is 1.00 bits per heavy atom. The maximum atomic E-state index is 10.7. The number of hydrogen-bond acceptors (Lipinski definition) is 3. The first kappa shape index (κ1) is 17.3. The average Bonchev–Trinajstić information content (AvgIpc) is 2.67. The summed E-state index contributed by atoms with van der Waals surface area (Å²) in [5, 5.41) is 14.7. The molecule has 3 aromatic carbocycles. The van der Waals surface area contributed by atoms with Crippen LogP contribution in [0.2, 0.25) is 5.02 Å². The highest BCUT2D eigenvalue weighted by Crippen LogP contribution is 2.31. The maximum Gasteiger partial charge on any atom is 0.118 e. The third-order valence-electron chi connectivity index (χ3n) is 4.07. The minimum atomic E-state index is -0.711. The van der Waals surface area contributed by atoms with E-state index in [4.69, 9.17) is 16.3 Å². The fraction of sp³-hybridized carbons (Fsp3) is 0.143. The van der Waals surface area contributed by atoms with E-state index in [1.54, 1.807) is 13.2 Å². The van der Waals surface area contributed by atoms with Crippen LogP contribution in [0.5, 0.6) is 5.75 Å². The lowest BCUT2D eigenvalue weighted by molar-refractivity contribution is 0.221. The predicted molar refractivity (Wildman–Crippen MR) is 102 cm³/mol. The minimum absolute atomic E-state index is 0.624. The zero-order chi connectivity index (χ0) is 17.6. The van der Waals surface area contributed by atoms with Crippen LogP contribution in [0.15, 0.2) is 72.8 Å². The number of rotatable bonds is 6. The predicted octanol–water partition coefficient (Wildman–Crippen LogP) is 5.04. The normalized spacial score (nSPS) is 11.8. The number of nitrogens with one attached hydrogen (secondary N) is 1. The van der Waals surface area contributed by atoms with Crippen molar-refractivity contribution in [3.05, 3.63) is 94.5 Å². The second-order valence-corrected chi connectivity index (χ2v) is 6.18. The molecular weight excluding hydrogens is 334 g/mol. The molecule has 0 bridgehead atoms. The Morgan fingerprint density at radius 3 is 2.40 bits per heavy atom. The van der Waals surface area contributed by atoms with E-state index in [0.717, 1.165) is 28.1 Å². The Balaban J connectivity index is 1.81. The summed E-state index contributed by atoms with van der Waals surface area (Å²) in [7, 11) is 1.65. The molecule has 0 aromatic heterocycles. The van der Waals surface area contributed by atoms with Crippen molar-refractivity contribution < 1.29 is 9.84 Å². The number of methoxy groups -OCH3 is 1. The van der Waals surface area contributed by atoms with Gasteiger partial charge < -0.3 is 15.2 Å². The largest absolute Gasteiger partial charge is 0.497 e. The molecule has 1 unspecified atom stereocenters. The van der Waals surface area contributed by atoms with Crippen LogP contribution in [0.25, 0.3) is 0 Å². The molecule has 3 aromatic rings. The van der Waals surface area contributed by atoms with Crippen molar-refractivity contribution in [2.45, 2.75) is 12.6 Å². The van der Waals surface area contributed by atoms with Crippen molar-refractivity contribution >= 4 is 17.3 Å². The molecule has 0 aliphatic carbocycles. The van der Waals surface area contributed by atoms with E-state index in [9.17, 15) is 5.11 Å². The van der Waals surface area contributed by atoms with Crippen molar-refractivity contribution in [2.75, 3.05) is 12.4 Å². The van der Waals surface area contributed by atoms with Gasteiger partial charge >= 0.3 is 0 Å². The third-order valence-corrected chi connectivity index (χ3v) is 4.30. The highest BCUT2D eigenvalue weighted by Gasteiger charge is 2.15. The van der Waals surface area contributed by atoms with Crippen LogP contribution in [0.1, 0.15) is 22.8 Å². The lowest BCUT2D eigenvalue weighted by Crippen LogP contribution is -2.07. The molecule has 0 fully saturated rings. The van der Waals surface area contributed by atoms with E-state index in [1.807, 2.05) is 66.7 Å². The Morgan fingerprint density at radius 2 is 1.72 bits per heavy atom. The molecular formula is C21H20ClNO2. The van der Waals surface area contributed by atoms with Crippen LogP contribution in [0.4, 0.5) is 5.69 Å². The molecule has 4 heteroatoms. The fourth-order valence-corrected chi connectivity index (χ4v) is 2.85. The van der Waals surface area contributed by atoms with Gasteiger partial charge in [0, 0.05) is 22.8 Å². The highest BCUT2D eigenvalue weighted by atomic mass is 35.5. The van der Waals surface area contributed by atoms with Gasteiger partial charge in [-0.3, -0.25) is 0 Å². The molecule has 0 amide bonds. The van der Waals surface area contributed by atoms with E-state index in [1.165, 1.54) is 0 Å². The molecule has 0 spiro atoms. The van der Waals surface area contributed by atoms with Gasteiger partial charge in [0.2, 0.25) is 0 Å². The molecule has 3 nitrogen and oxygen atoms in total. The molecule has 0 radical (unpaired) electrons. The molecule has 1 atom stereocenters. The second-order valence-electron chi connectivity index (χ2n) is 5.75. The molecule has 128 valence electrons. The Kier molecular flexibility index (Phi) is 5.59. The van der Waals surface area contributed by atoms with Crippen LogP contribution >= 0.6 is 11.6 Å². The second kappa shape index (κ2) is 8.06. The van der Waals surface area contributed by atoms with E-state index in [2.05, 4.69) is 5.32 Å². The first-order chi connectivity index (χ1) is 12.2. The summed E-state index contributed by atoms with van der Waals surface area (Å²) in [5.41, 5.74) is 3.57. The van der Waals surface area contributed by atoms with Crippen molar-refractivity contribution in [1.29, 1.82) is 0 Å². The van der Waals surface area contributed by atoms with Gasteiger partial charge in [0.05, 0.1) is 7.11 Å². The number of aliphatic hydroxyl groups is 1. The van der Waals surface area contributed by atoms with Gasteiger partial charge in [0.1, 0.15) is 11.9 Å². The van der Waals surface area contributed by atoms with Gasteiger partial charge in [-0.2, -0.15) is 0 Å². The lowest BCUT2D eigenvalue weighted by Gasteiger charge is -2.18. The lowest BCUT2D eigenvalue weighted by atomic mass is 10.00. The van der Waals surface area contributed by atoms with Crippen molar-refractivity contribution in [2.24, 2.45) is 0 Å². The van der Waals surface area contributed by atoms with E-state index in [0.29, 0.717) is 11.6 Å². The fourth-order valence-electron chi connectivity index (χ4n) is 2.68.